The largest absolute Gasteiger partial charge is 0.444 e. The summed E-state index contributed by atoms with van der Waals surface area (Å²) in [6.45, 7) is 17.1. The number of likely N-dealkylation sites (N-methyl/N-ethyl adjacent to an activating group) is 1. The molecule has 0 fully saturated rings. The summed E-state index contributed by atoms with van der Waals surface area (Å²) in [6.07, 6.45) is 2.45. The van der Waals surface area contributed by atoms with Crippen molar-refractivity contribution in [3.63, 3.8) is 0 Å². The highest BCUT2D eigenvalue weighted by Gasteiger charge is 2.32. The van der Waals surface area contributed by atoms with Gasteiger partial charge in [0.25, 0.3) is 0 Å². The van der Waals surface area contributed by atoms with Gasteiger partial charge in [0.2, 0.25) is 5.91 Å². The molecule has 1 aromatic rings. The number of hydrogen-bond donors (Lipinski definition) is 0. The van der Waals surface area contributed by atoms with Crippen molar-refractivity contribution in [1.82, 2.24) is 9.80 Å². The molecule has 0 aliphatic heterocycles. The first-order valence-electron chi connectivity index (χ1n) is 11.6. The first-order chi connectivity index (χ1) is 15.0. The molecule has 1 rings (SSSR count). The minimum absolute atomic E-state index is 0.0307. The first kappa shape index (κ1) is 28.9. The summed E-state index contributed by atoms with van der Waals surface area (Å²) in [5.41, 5.74) is -0.853. The fourth-order valence-corrected chi connectivity index (χ4v) is 5.81. The van der Waals surface area contributed by atoms with Crippen molar-refractivity contribution in [3.8, 4) is 0 Å². The maximum Gasteiger partial charge on any atom is 0.411 e. The Morgan fingerprint density at radius 1 is 0.939 bits per heavy atom. The second kappa shape index (κ2) is 11.8. The third kappa shape index (κ3) is 10.6. The van der Waals surface area contributed by atoms with Gasteiger partial charge < -0.3 is 14.4 Å². The third-order valence-corrected chi connectivity index (χ3v) is 8.92. The van der Waals surface area contributed by atoms with Crippen LogP contribution in [0.3, 0.4) is 0 Å². The van der Waals surface area contributed by atoms with Gasteiger partial charge in [-0.1, -0.05) is 59.9 Å². The van der Waals surface area contributed by atoms with Gasteiger partial charge >= 0.3 is 6.09 Å². The molecule has 0 N–H and O–H groups in total. The number of benzene rings is 1. The van der Waals surface area contributed by atoms with E-state index in [0.29, 0.717) is 13.2 Å². The number of carbonyl (C=O) groups excluding carboxylic acids is 2. The van der Waals surface area contributed by atoms with E-state index in [4.69, 9.17) is 9.47 Å². The molecular formula is C26H44N2O4Si. The van der Waals surface area contributed by atoms with E-state index in [9.17, 15) is 9.59 Å². The number of hydrogen-bond acceptors (Lipinski definition) is 4. The quantitative estimate of drug-likeness (QED) is 0.386. The van der Waals surface area contributed by atoms with E-state index in [1.807, 2.05) is 59.7 Å². The molecule has 6 nitrogen and oxygen atoms in total. The predicted octanol–water partition coefficient (Wildman–Crippen LogP) is 4.60. The molecule has 7 heteroatoms. The third-order valence-electron chi connectivity index (χ3n) is 5.18. The van der Waals surface area contributed by atoms with Gasteiger partial charge in [0.15, 0.2) is 0 Å². The van der Waals surface area contributed by atoms with Crippen molar-refractivity contribution in [1.29, 1.82) is 0 Å². The SMILES string of the molecule is CN(C)C(=O)CN(C/C(=C/CCOC(C)(C)C)[Si](C)(C)c1ccccc1)C(=O)OC(C)(C)C. The molecule has 0 unspecified atom stereocenters. The summed E-state index contributed by atoms with van der Waals surface area (Å²) in [6, 6.07) is 10.4. The van der Waals surface area contributed by atoms with Crippen LogP contribution in [0.1, 0.15) is 48.0 Å². The summed E-state index contributed by atoms with van der Waals surface area (Å²) in [5, 5.41) is 2.44. The highest BCUT2D eigenvalue weighted by Crippen LogP contribution is 2.20. The number of carbonyl (C=O) groups is 2. The lowest BCUT2D eigenvalue weighted by Gasteiger charge is -2.33. The van der Waals surface area contributed by atoms with Crippen LogP contribution in [-0.2, 0) is 14.3 Å². The van der Waals surface area contributed by atoms with E-state index in [-0.39, 0.29) is 18.1 Å². The summed E-state index contributed by atoms with van der Waals surface area (Å²) < 4.78 is 11.6. The molecule has 1 aromatic carbocycles. The van der Waals surface area contributed by atoms with Crippen LogP contribution in [0.15, 0.2) is 41.6 Å². The van der Waals surface area contributed by atoms with Gasteiger partial charge in [0.05, 0.1) is 12.2 Å². The van der Waals surface area contributed by atoms with Gasteiger partial charge in [-0.3, -0.25) is 9.69 Å². The van der Waals surface area contributed by atoms with E-state index < -0.39 is 19.8 Å². The molecule has 0 spiro atoms. The summed E-state index contributed by atoms with van der Waals surface area (Å²) >= 11 is 0. The lowest BCUT2D eigenvalue weighted by molar-refractivity contribution is -0.129. The summed E-state index contributed by atoms with van der Waals surface area (Å²) in [4.78, 5) is 28.6. The molecule has 0 atom stereocenters. The van der Waals surface area contributed by atoms with Gasteiger partial charge in [-0.05, 0) is 48.0 Å². The van der Waals surface area contributed by atoms with Gasteiger partial charge in [-0.25, -0.2) is 4.79 Å². The number of amides is 2. The molecule has 0 saturated heterocycles. The average molecular weight is 477 g/mol. The first-order valence-corrected chi connectivity index (χ1v) is 14.6. The van der Waals surface area contributed by atoms with Gasteiger partial charge in [-0.2, -0.15) is 0 Å². The monoisotopic (exact) mass is 476 g/mol. The zero-order valence-electron chi connectivity index (χ0n) is 22.3. The topological polar surface area (TPSA) is 59.1 Å². The number of rotatable bonds is 9. The lowest BCUT2D eigenvalue weighted by atomic mass is 10.2. The smallest absolute Gasteiger partial charge is 0.411 e. The maximum atomic E-state index is 13.1. The molecule has 2 amide bonds. The highest BCUT2D eigenvalue weighted by atomic mass is 28.3. The van der Waals surface area contributed by atoms with Crippen molar-refractivity contribution in [2.75, 3.05) is 33.8 Å². The molecule has 0 heterocycles. The second-order valence-electron chi connectivity index (χ2n) is 11.1. The molecule has 0 saturated carbocycles. The Balaban J connectivity index is 3.30. The Morgan fingerprint density at radius 2 is 1.52 bits per heavy atom. The minimum atomic E-state index is -2.12. The van der Waals surface area contributed by atoms with Crippen molar-refractivity contribution < 1.29 is 19.1 Å². The van der Waals surface area contributed by atoms with Crippen LogP contribution in [0.4, 0.5) is 4.79 Å². The van der Waals surface area contributed by atoms with E-state index in [1.165, 1.54) is 20.2 Å². The van der Waals surface area contributed by atoms with Crippen molar-refractivity contribution >= 4 is 25.3 Å². The molecule has 0 aliphatic rings. The number of nitrogens with zero attached hydrogens (tertiary/aromatic N) is 2. The van der Waals surface area contributed by atoms with Crippen LogP contribution in [0.25, 0.3) is 0 Å². The molecule has 0 radical (unpaired) electrons. The Morgan fingerprint density at radius 3 is 2.00 bits per heavy atom. The van der Waals surface area contributed by atoms with Crippen molar-refractivity contribution in [2.24, 2.45) is 0 Å². The predicted molar refractivity (Wildman–Crippen MR) is 138 cm³/mol. The molecule has 0 bridgehead atoms. The molecule has 0 aromatic heterocycles. The standard InChI is InChI=1S/C26H44N2O4Si/c1-25(2,3)31-18-14-17-22(33(9,10)21-15-12-11-13-16-21)19-28(20-23(29)27(7)8)24(30)32-26(4,5)6/h11-13,15-17H,14,18-20H2,1-10H3/b22-17-. The maximum absolute atomic E-state index is 13.1. The number of ether oxygens (including phenoxy) is 2. The van der Waals surface area contributed by atoms with E-state index >= 15 is 0 Å². The van der Waals surface area contributed by atoms with Crippen LogP contribution in [0, 0.1) is 0 Å². The average Bonchev–Trinajstić information content (AvgIpc) is 2.67. The Labute approximate surface area is 201 Å². The zero-order chi connectivity index (χ0) is 25.4. The molecule has 0 aliphatic carbocycles. The lowest BCUT2D eigenvalue weighted by Crippen LogP contribution is -2.50. The van der Waals surface area contributed by atoms with Gasteiger partial charge in [0, 0.05) is 20.6 Å². The normalized spacial score (nSPS) is 13.0. The Bertz CT molecular complexity index is 806. The fraction of sp³-hybridized carbons (Fsp3) is 0.615. The molecule has 186 valence electrons. The van der Waals surface area contributed by atoms with E-state index in [2.05, 4.69) is 31.3 Å². The Kier molecular flexibility index (Phi) is 10.4. The van der Waals surface area contributed by atoms with Gasteiger partial charge in [-0.15, -0.1) is 0 Å². The van der Waals surface area contributed by atoms with E-state index in [0.717, 1.165) is 6.42 Å². The zero-order valence-corrected chi connectivity index (χ0v) is 23.3. The van der Waals surface area contributed by atoms with Crippen LogP contribution < -0.4 is 5.19 Å². The summed E-state index contributed by atoms with van der Waals surface area (Å²) in [5.74, 6) is -0.143. The van der Waals surface area contributed by atoms with Crippen LogP contribution in [-0.4, -0.2) is 74.9 Å². The van der Waals surface area contributed by atoms with Gasteiger partial charge in [0.1, 0.15) is 20.2 Å². The molecular weight excluding hydrogens is 432 g/mol. The minimum Gasteiger partial charge on any atom is -0.444 e. The van der Waals surface area contributed by atoms with E-state index in [1.54, 1.807) is 14.1 Å². The van der Waals surface area contributed by atoms with Crippen LogP contribution in [0.2, 0.25) is 13.1 Å². The fourth-order valence-electron chi connectivity index (χ4n) is 3.18. The summed E-state index contributed by atoms with van der Waals surface area (Å²) in [7, 11) is 1.27. The van der Waals surface area contributed by atoms with Crippen molar-refractivity contribution in [3.05, 3.63) is 41.6 Å². The molecule has 33 heavy (non-hydrogen) atoms. The highest BCUT2D eigenvalue weighted by molar-refractivity contribution is 6.95. The van der Waals surface area contributed by atoms with Crippen molar-refractivity contribution in [2.45, 2.75) is 72.3 Å². The van der Waals surface area contributed by atoms with Crippen LogP contribution >= 0.6 is 0 Å². The second-order valence-corrected chi connectivity index (χ2v) is 15.6. The van der Waals surface area contributed by atoms with Crippen LogP contribution in [0.5, 0.6) is 0 Å². The Hall–Kier alpha value is -2.12.